The summed E-state index contributed by atoms with van der Waals surface area (Å²) in [5.74, 6) is -0.503. The molecule has 2 aromatic carbocycles. The lowest BCUT2D eigenvalue weighted by atomic mass is 10.1. The van der Waals surface area contributed by atoms with Gasteiger partial charge < -0.3 is 9.80 Å². The third kappa shape index (κ3) is 3.61. The average molecular weight is 394 g/mol. The molecule has 0 N–H and O–H groups in total. The standard InChI is InChI=1S/C21H19FN4O3/c1-14-13-19(17-3-2-4-18(26(28)29)20(17)23-14)24-9-11-25(12-10-24)21(27)15-5-7-16(22)8-6-15/h2-8,13H,9-12H2,1H3. The predicted octanol–water partition coefficient (Wildman–Crippen LogP) is 3.55. The highest BCUT2D eigenvalue weighted by Crippen LogP contribution is 2.32. The maximum atomic E-state index is 13.1. The second kappa shape index (κ2) is 7.46. The average Bonchev–Trinajstić information content (AvgIpc) is 2.73. The fourth-order valence-electron chi connectivity index (χ4n) is 3.67. The number of hydrogen-bond acceptors (Lipinski definition) is 5. The topological polar surface area (TPSA) is 79.6 Å². The Balaban J connectivity index is 1.58. The summed E-state index contributed by atoms with van der Waals surface area (Å²) < 4.78 is 13.1. The Morgan fingerprint density at radius 3 is 2.45 bits per heavy atom. The zero-order chi connectivity index (χ0) is 20.5. The van der Waals surface area contributed by atoms with Crippen LogP contribution in [0.15, 0.2) is 48.5 Å². The number of piperazine rings is 1. The molecule has 148 valence electrons. The maximum absolute atomic E-state index is 13.1. The van der Waals surface area contributed by atoms with Gasteiger partial charge in [0.1, 0.15) is 5.82 Å². The lowest BCUT2D eigenvalue weighted by Gasteiger charge is -2.36. The molecule has 1 aliphatic heterocycles. The van der Waals surface area contributed by atoms with Crippen molar-refractivity contribution in [1.82, 2.24) is 9.88 Å². The predicted molar refractivity (Wildman–Crippen MR) is 108 cm³/mol. The number of nitro groups is 1. The molecule has 1 aromatic heterocycles. The summed E-state index contributed by atoms with van der Waals surface area (Å²) in [6.07, 6.45) is 0. The molecule has 3 aromatic rings. The third-order valence-electron chi connectivity index (χ3n) is 5.12. The molecule has 8 heteroatoms. The van der Waals surface area contributed by atoms with E-state index in [0.717, 1.165) is 11.1 Å². The molecule has 1 aliphatic rings. The Kier molecular flexibility index (Phi) is 4.84. The van der Waals surface area contributed by atoms with E-state index in [1.54, 1.807) is 11.0 Å². The number of aromatic nitrogens is 1. The summed E-state index contributed by atoms with van der Waals surface area (Å²) in [6.45, 7) is 4.01. The second-order valence-corrected chi connectivity index (χ2v) is 7.00. The Labute approximate surface area is 166 Å². The molecule has 1 amide bonds. The second-order valence-electron chi connectivity index (χ2n) is 7.00. The van der Waals surface area contributed by atoms with Crippen LogP contribution < -0.4 is 4.90 Å². The summed E-state index contributed by atoms with van der Waals surface area (Å²) in [7, 11) is 0. The van der Waals surface area contributed by atoms with Crippen LogP contribution in [-0.4, -0.2) is 46.9 Å². The van der Waals surface area contributed by atoms with Gasteiger partial charge in [-0.15, -0.1) is 0 Å². The van der Waals surface area contributed by atoms with E-state index in [1.807, 2.05) is 19.1 Å². The zero-order valence-electron chi connectivity index (χ0n) is 15.8. The lowest BCUT2D eigenvalue weighted by molar-refractivity contribution is -0.383. The number of carbonyl (C=O) groups is 1. The minimum absolute atomic E-state index is 0.0161. The number of amides is 1. The van der Waals surface area contributed by atoms with Crippen molar-refractivity contribution >= 4 is 28.2 Å². The van der Waals surface area contributed by atoms with E-state index in [2.05, 4.69) is 9.88 Å². The largest absolute Gasteiger partial charge is 0.367 e. The maximum Gasteiger partial charge on any atom is 0.295 e. The number of para-hydroxylation sites is 1. The quantitative estimate of drug-likeness (QED) is 0.501. The van der Waals surface area contributed by atoms with Crippen LogP contribution in [0.5, 0.6) is 0 Å². The van der Waals surface area contributed by atoms with Crippen LogP contribution >= 0.6 is 0 Å². The summed E-state index contributed by atoms with van der Waals surface area (Å²) >= 11 is 0. The Hall–Kier alpha value is -3.55. The molecule has 4 rings (SSSR count). The molecule has 0 aliphatic carbocycles. The summed E-state index contributed by atoms with van der Waals surface area (Å²) in [5, 5.41) is 12.1. The van der Waals surface area contributed by atoms with Crippen molar-refractivity contribution in [2.24, 2.45) is 0 Å². The van der Waals surface area contributed by atoms with Crippen molar-refractivity contribution in [2.75, 3.05) is 31.1 Å². The van der Waals surface area contributed by atoms with Gasteiger partial charge in [0.25, 0.3) is 11.6 Å². The highest BCUT2D eigenvalue weighted by Gasteiger charge is 2.25. The molecule has 0 spiro atoms. The van der Waals surface area contributed by atoms with Gasteiger partial charge in [0.05, 0.1) is 4.92 Å². The van der Waals surface area contributed by atoms with Crippen molar-refractivity contribution in [3.8, 4) is 0 Å². The van der Waals surface area contributed by atoms with Gasteiger partial charge >= 0.3 is 0 Å². The van der Waals surface area contributed by atoms with Gasteiger partial charge in [-0.3, -0.25) is 14.9 Å². The molecule has 2 heterocycles. The Bertz CT molecular complexity index is 1090. The van der Waals surface area contributed by atoms with E-state index in [1.165, 1.54) is 30.3 Å². The van der Waals surface area contributed by atoms with Crippen LogP contribution in [0, 0.1) is 22.9 Å². The van der Waals surface area contributed by atoms with Crippen LogP contribution in [0.3, 0.4) is 0 Å². The number of hydrogen-bond donors (Lipinski definition) is 0. The molecular weight excluding hydrogens is 375 g/mol. The first-order valence-electron chi connectivity index (χ1n) is 9.28. The first-order valence-corrected chi connectivity index (χ1v) is 9.28. The molecule has 0 radical (unpaired) electrons. The fraction of sp³-hybridized carbons (Fsp3) is 0.238. The smallest absolute Gasteiger partial charge is 0.295 e. The summed E-state index contributed by atoms with van der Waals surface area (Å²) in [5.41, 5.74) is 2.40. The number of aryl methyl sites for hydroxylation is 1. The minimum Gasteiger partial charge on any atom is -0.367 e. The zero-order valence-corrected chi connectivity index (χ0v) is 15.8. The van der Waals surface area contributed by atoms with Gasteiger partial charge in [0.2, 0.25) is 0 Å². The van der Waals surface area contributed by atoms with Crippen LogP contribution in [0.25, 0.3) is 10.9 Å². The number of fused-ring (bicyclic) bond motifs is 1. The van der Waals surface area contributed by atoms with Crippen molar-refractivity contribution in [3.05, 3.63) is 75.7 Å². The normalized spacial score (nSPS) is 14.3. The van der Waals surface area contributed by atoms with Gasteiger partial charge in [0.15, 0.2) is 5.52 Å². The number of pyridine rings is 1. The molecule has 7 nitrogen and oxygen atoms in total. The molecule has 1 fully saturated rings. The number of non-ortho nitro benzene ring substituents is 1. The van der Waals surface area contributed by atoms with Crippen molar-refractivity contribution in [2.45, 2.75) is 6.92 Å². The summed E-state index contributed by atoms with van der Waals surface area (Å²) in [4.78, 5) is 31.8. The van der Waals surface area contributed by atoms with Gasteiger partial charge in [0, 0.05) is 54.6 Å². The molecule has 0 unspecified atom stereocenters. The Morgan fingerprint density at radius 1 is 1.10 bits per heavy atom. The lowest BCUT2D eigenvalue weighted by Crippen LogP contribution is -2.48. The Morgan fingerprint density at radius 2 is 1.79 bits per heavy atom. The molecule has 1 saturated heterocycles. The van der Waals surface area contributed by atoms with E-state index in [0.29, 0.717) is 43.0 Å². The highest BCUT2D eigenvalue weighted by molar-refractivity contribution is 5.97. The van der Waals surface area contributed by atoms with Crippen LogP contribution in [0.1, 0.15) is 16.1 Å². The monoisotopic (exact) mass is 394 g/mol. The molecule has 0 atom stereocenters. The van der Waals surface area contributed by atoms with E-state index in [-0.39, 0.29) is 17.4 Å². The van der Waals surface area contributed by atoms with Crippen LogP contribution in [-0.2, 0) is 0 Å². The van der Waals surface area contributed by atoms with Gasteiger partial charge in [-0.05, 0) is 37.3 Å². The number of anilines is 1. The highest BCUT2D eigenvalue weighted by atomic mass is 19.1. The van der Waals surface area contributed by atoms with Crippen molar-refractivity contribution < 1.29 is 14.1 Å². The van der Waals surface area contributed by atoms with E-state index in [9.17, 15) is 19.3 Å². The molecular formula is C21H19FN4O3. The number of rotatable bonds is 3. The van der Waals surface area contributed by atoms with Gasteiger partial charge in [-0.2, -0.15) is 0 Å². The van der Waals surface area contributed by atoms with E-state index >= 15 is 0 Å². The van der Waals surface area contributed by atoms with Gasteiger partial charge in [-0.1, -0.05) is 12.1 Å². The fourth-order valence-corrected chi connectivity index (χ4v) is 3.67. The SMILES string of the molecule is Cc1cc(N2CCN(C(=O)c3ccc(F)cc3)CC2)c2cccc([N+](=O)[O-])c2n1. The van der Waals surface area contributed by atoms with Crippen LogP contribution in [0.2, 0.25) is 0 Å². The number of halogens is 1. The minimum atomic E-state index is -0.419. The third-order valence-corrected chi connectivity index (χ3v) is 5.12. The molecule has 29 heavy (non-hydrogen) atoms. The van der Waals surface area contributed by atoms with Crippen molar-refractivity contribution in [1.29, 1.82) is 0 Å². The number of nitro benzene ring substituents is 1. The van der Waals surface area contributed by atoms with Crippen molar-refractivity contribution in [3.63, 3.8) is 0 Å². The number of benzene rings is 2. The van der Waals surface area contributed by atoms with E-state index in [4.69, 9.17) is 0 Å². The van der Waals surface area contributed by atoms with Gasteiger partial charge in [-0.25, -0.2) is 9.37 Å². The molecule has 0 bridgehead atoms. The number of carbonyl (C=O) groups excluding carboxylic acids is 1. The first kappa shape index (κ1) is 18.8. The van der Waals surface area contributed by atoms with Crippen LogP contribution in [0.4, 0.5) is 15.8 Å². The molecule has 0 saturated carbocycles. The number of nitrogens with zero attached hydrogens (tertiary/aromatic N) is 4. The van der Waals surface area contributed by atoms with E-state index < -0.39 is 4.92 Å². The summed E-state index contributed by atoms with van der Waals surface area (Å²) in [6, 6.07) is 12.4. The first-order chi connectivity index (χ1) is 13.9.